The fourth-order valence-corrected chi connectivity index (χ4v) is 2.40. The highest BCUT2D eigenvalue weighted by Crippen LogP contribution is 2.28. The fourth-order valence-electron chi connectivity index (χ4n) is 2.02. The van der Waals surface area contributed by atoms with Crippen LogP contribution in [0.2, 0.25) is 0 Å². The standard InChI is InChI=1S/C15H19BrN2O2/c1-11(19)18-6-2-5-17-9-12-7-13-8-14(16)3-4-15(13)20-10-12/h3-4,7-8,17H,2,5-6,9-10H2,1H3,(H,18,19). The molecule has 0 saturated heterocycles. The minimum atomic E-state index is 0.0237. The lowest BCUT2D eigenvalue weighted by molar-refractivity contribution is -0.118. The van der Waals surface area contributed by atoms with Gasteiger partial charge in [0.05, 0.1) is 0 Å². The van der Waals surface area contributed by atoms with Gasteiger partial charge in [-0.05, 0) is 42.8 Å². The number of hydrogen-bond donors (Lipinski definition) is 2. The number of carbonyl (C=O) groups excluding carboxylic acids is 1. The third kappa shape index (κ3) is 4.65. The maximum Gasteiger partial charge on any atom is 0.216 e. The van der Waals surface area contributed by atoms with Crippen molar-refractivity contribution in [1.29, 1.82) is 0 Å². The van der Waals surface area contributed by atoms with Gasteiger partial charge in [-0.2, -0.15) is 0 Å². The maximum absolute atomic E-state index is 10.7. The van der Waals surface area contributed by atoms with Crippen molar-refractivity contribution < 1.29 is 9.53 Å². The molecule has 0 fully saturated rings. The number of benzene rings is 1. The summed E-state index contributed by atoms with van der Waals surface area (Å²) in [5.74, 6) is 0.957. The summed E-state index contributed by atoms with van der Waals surface area (Å²) in [4.78, 5) is 10.7. The molecule has 0 spiro atoms. The number of nitrogens with one attached hydrogen (secondary N) is 2. The van der Waals surface area contributed by atoms with Crippen LogP contribution < -0.4 is 15.4 Å². The molecule has 4 nitrogen and oxygen atoms in total. The first-order chi connectivity index (χ1) is 9.65. The molecule has 5 heteroatoms. The van der Waals surface area contributed by atoms with Crippen LogP contribution in [0, 0.1) is 0 Å². The molecule has 1 aromatic carbocycles. The smallest absolute Gasteiger partial charge is 0.216 e. The second-order valence-electron chi connectivity index (χ2n) is 4.79. The Bertz CT molecular complexity index is 515. The molecule has 1 aliphatic rings. The molecule has 0 aromatic heterocycles. The molecule has 0 bridgehead atoms. The first-order valence-corrected chi connectivity index (χ1v) is 7.51. The Morgan fingerprint density at radius 3 is 3.05 bits per heavy atom. The SMILES string of the molecule is CC(=O)NCCCNCC1=Cc2cc(Br)ccc2OC1. The Kier molecular flexibility index (Phi) is 5.61. The number of amides is 1. The van der Waals surface area contributed by atoms with Gasteiger partial charge in [-0.1, -0.05) is 15.9 Å². The van der Waals surface area contributed by atoms with Gasteiger partial charge in [0.15, 0.2) is 0 Å². The molecule has 1 aliphatic heterocycles. The molecule has 1 amide bonds. The molecule has 0 saturated carbocycles. The highest BCUT2D eigenvalue weighted by atomic mass is 79.9. The summed E-state index contributed by atoms with van der Waals surface area (Å²) < 4.78 is 6.77. The van der Waals surface area contributed by atoms with Gasteiger partial charge in [-0.25, -0.2) is 0 Å². The molecule has 2 N–H and O–H groups in total. The number of fused-ring (bicyclic) bond motifs is 1. The van der Waals surface area contributed by atoms with Gasteiger partial charge in [0.1, 0.15) is 12.4 Å². The van der Waals surface area contributed by atoms with Crippen molar-refractivity contribution in [3.63, 3.8) is 0 Å². The molecule has 108 valence electrons. The van der Waals surface area contributed by atoms with Gasteiger partial charge in [-0.3, -0.25) is 4.79 Å². The lowest BCUT2D eigenvalue weighted by Gasteiger charge is -2.18. The second-order valence-corrected chi connectivity index (χ2v) is 5.70. The second kappa shape index (κ2) is 7.45. The van der Waals surface area contributed by atoms with Crippen LogP contribution in [-0.4, -0.2) is 32.1 Å². The summed E-state index contributed by atoms with van der Waals surface area (Å²) in [5, 5.41) is 6.14. The van der Waals surface area contributed by atoms with Gasteiger partial charge in [0.25, 0.3) is 0 Å². The van der Waals surface area contributed by atoms with Crippen LogP contribution in [-0.2, 0) is 4.79 Å². The van der Waals surface area contributed by atoms with Crippen molar-refractivity contribution in [3.05, 3.63) is 33.8 Å². The number of ether oxygens (including phenoxy) is 1. The van der Waals surface area contributed by atoms with E-state index in [1.807, 2.05) is 12.1 Å². The molecule has 0 unspecified atom stereocenters. The Balaban J connectivity index is 1.76. The highest BCUT2D eigenvalue weighted by Gasteiger charge is 2.11. The monoisotopic (exact) mass is 338 g/mol. The minimum Gasteiger partial charge on any atom is -0.489 e. The largest absolute Gasteiger partial charge is 0.489 e. The van der Waals surface area contributed by atoms with Crippen molar-refractivity contribution in [2.45, 2.75) is 13.3 Å². The Morgan fingerprint density at radius 1 is 1.40 bits per heavy atom. The minimum absolute atomic E-state index is 0.0237. The van der Waals surface area contributed by atoms with Crippen LogP contribution in [0.5, 0.6) is 5.75 Å². The van der Waals surface area contributed by atoms with E-state index in [0.29, 0.717) is 13.2 Å². The molecule has 0 radical (unpaired) electrons. The third-order valence-corrected chi connectivity index (χ3v) is 3.49. The third-order valence-electron chi connectivity index (χ3n) is 3.00. The number of carbonyl (C=O) groups is 1. The summed E-state index contributed by atoms with van der Waals surface area (Å²) in [6.45, 7) is 4.57. The summed E-state index contributed by atoms with van der Waals surface area (Å²) >= 11 is 3.47. The lowest BCUT2D eigenvalue weighted by Crippen LogP contribution is -2.27. The van der Waals surface area contributed by atoms with Crippen LogP contribution in [0.1, 0.15) is 18.9 Å². The lowest BCUT2D eigenvalue weighted by atomic mass is 10.1. The molecular formula is C15H19BrN2O2. The van der Waals surface area contributed by atoms with Crippen molar-refractivity contribution in [3.8, 4) is 5.75 Å². The predicted molar refractivity (Wildman–Crippen MR) is 83.8 cm³/mol. The first-order valence-electron chi connectivity index (χ1n) is 6.72. The number of halogens is 1. The summed E-state index contributed by atoms with van der Waals surface area (Å²) in [6.07, 6.45) is 3.10. The van der Waals surface area contributed by atoms with Crippen LogP contribution in [0.15, 0.2) is 28.2 Å². The molecule has 2 rings (SSSR count). The van der Waals surface area contributed by atoms with Gasteiger partial charge in [0.2, 0.25) is 5.91 Å². The van der Waals surface area contributed by atoms with E-state index in [1.165, 1.54) is 12.5 Å². The molecule has 1 heterocycles. The fraction of sp³-hybridized carbons (Fsp3) is 0.400. The van der Waals surface area contributed by atoms with E-state index in [1.54, 1.807) is 0 Å². The molecule has 20 heavy (non-hydrogen) atoms. The van der Waals surface area contributed by atoms with Crippen molar-refractivity contribution in [2.75, 3.05) is 26.2 Å². The van der Waals surface area contributed by atoms with E-state index in [0.717, 1.165) is 35.3 Å². The quantitative estimate of drug-likeness (QED) is 0.783. The topological polar surface area (TPSA) is 50.4 Å². The van der Waals surface area contributed by atoms with Crippen LogP contribution >= 0.6 is 15.9 Å². The summed E-state index contributed by atoms with van der Waals surface area (Å²) in [6, 6.07) is 6.02. The Labute approximate surface area is 127 Å². The average molecular weight is 339 g/mol. The van der Waals surface area contributed by atoms with E-state index >= 15 is 0 Å². The zero-order valence-electron chi connectivity index (χ0n) is 11.5. The number of rotatable bonds is 6. The van der Waals surface area contributed by atoms with Crippen molar-refractivity contribution in [2.24, 2.45) is 0 Å². The molecule has 0 aliphatic carbocycles. The van der Waals surface area contributed by atoms with E-state index in [2.05, 4.69) is 38.7 Å². The van der Waals surface area contributed by atoms with Gasteiger partial charge in [0, 0.05) is 30.0 Å². The van der Waals surface area contributed by atoms with E-state index in [9.17, 15) is 4.79 Å². The maximum atomic E-state index is 10.7. The van der Waals surface area contributed by atoms with E-state index < -0.39 is 0 Å². The molecule has 0 atom stereocenters. The normalized spacial score (nSPS) is 13.2. The zero-order chi connectivity index (χ0) is 14.4. The molecular weight excluding hydrogens is 320 g/mol. The van der Waals surface area contributed by atoms with E-state index in [-0.39, 0.29) is 5.91 Å². The van der Waals surface area contributed by atoms with Gasteiger partial charge < -0.3 is 15.4 Å². The predicted octanol–water partition coefficient (Wildman–Crippen LogP) is 2.34. The van der Waals surface area contributed by atoms with Gasteiger partial charge >= 0.3 is 0 Å². The Morgan fingerprint density at radius 2 is 2.25 bits per heavy atom. The highest BCUT2D eigenvalue weighted by molar-refractivity contribution is 9.10. The van der Waals surface area contributed by atoms with Gasteiger partial charge in [-0.15, -0.1) is 0 Å². The van der Waals surface area contributed by atoms with Crippen LogP contribution in [0.3, 0.4) is 0 Å². The zero-order valence-corrected chi connectivity index (χ0v) is 13.1. The summed E-state index contributed by atoms with van der Waals surface area (Å²) in [5.41, 5.74) is 2.34. The first kappa shape index (κ1) is 15.1. The molecule has 1 aromatic rings. The van der Waals surface area contributed by atoms with Crippen LogP contribution in [0.25, 0.3) is 6.08 Å². The van der Waals surface area contributed by atoms with Crippen LogP contribution in [0.4, 0.5) is 0 Å². The van der Waals surface area contributed by atoms with Crippen molar-refractivity contribution in [1.82, 2.24) is 10.6 Å². The average Bonchev–Trinajstić information content (AvgIpc) is 2.42. The number of hydrogen-bond acceptors (Lipinski definition) is 3. The van der Waals surface area contributed by atoms with E-state index in [4.69, 9.17) is 4.74 Å². The Hall–Kier alpha value is -1.33. The summed E-state index contributed by atoms with van der Waals surface area (Å²) in [7, 11) is 0. The van der Waals surface area contributed by atoms with Crippen molar-refractivity contribution >= 4 is 27.9 Å².